The van der Waals surface area contributed by atoms with Crippen molar-refractivity contribution in [2.75, 3.05) is 33.8 Å². The summed E-state index contributed by atoms with van der Waals surface area (Å²) in [7, 11) is 4.15. The molecule has 0 atom stereocenters. The van der Waals surface area contributed by atoms with Crippen LogP contribution in [0.1, 0.15) is 24.6 Å². The number of hydrogen-bond acceptors (Lipinski definition) is 4. The predicted octanol–water partition coefficient (Wildman–Crippen LogP) is 1.66. The zero-order chi connectivity index (χ0) is 13.2. The van der Waals surface area contributed by atoms with Gasteiger partial charge in [-0.1, -0.05) is 13.0 Å². The third-order valence-corrected chi connectivity index (χ3v) is 2.61. The number of pyridine rings is 1. The van der Waals surface area contributed by atoms with Crippen LogP contribution in [0.5, 0.6) is 0 Å². The minimum absolute atomic E-state index is 0.606. The molecule has 0 aromatic carbocycles. The van der Waals surface area contributed by atoms with E-state index in [1.807, 2.05) is 12.3 Å². The van der Waals surface area contributed by atoms with E-state index >= 15 is 0 Å². The Hall–Kier alpha value is -0.970. The lowest BCUT2D eigenvalue weighted by Gasteiger charge is -2.09. The molecule has 0 aliphatic carbocycles. The fourth-order valence-electron chi connectivity index (χ4n) is 1.57. The van der Waals surface area contributed by atoms with Crippen LogP contribution in [-0.2, 0) is 17.9 Å². The summed E-state index contributed by atoms with van der Waals surface area (Å²) in [5, 5.41) is 3.28. The highest BCUT2D eigenvalue weighted by Gasteiger charge is 1.97. The van der Waals surface area contributed by atoms with Crippen molar-refractivity contribution in [2.24, 2.45) is 0 Å². The summed E-state index contributed by atoms with van der Waals surface area (Å²) >= 11 is 0. The van der Waals surface area contributed by atoms with Gasteiger partial charge in [-0.15, -0.1) is 0 Å². The van der Waals surface area contributed by atoms with Gasteiger partial charge in [0, 0.05) is 19.3 Å². The summed E-state index contributed by atoms with van der Waals surface area (Å²) in [5.41, 5.74) is 2.22. The Morgan fingerprint density at radius 2 is 2.17 bits per heavy atom. The third-order valence-electron chi connectivity index (χ3n) is 2.61. The number of hydrogen-bond donors (Lipinski definition) is 1. The van der Waals surface area contributed by atoms with Gasteiger partial charge in [-0.2, -0.15) is 0 Å². The lowest BCUT2D eigenvalue weighted by molar-refractivity contribution is 0.110. The Morgan fingerprint density at radius 3 is 2.78 bits per heavy atom. The van der Waals surface area contributed by atoms with Gasteiger partial charge in [-0.05, 0) is 45.2 Å². The molecule has 4 nitrogen and oxygen atoms in total. The quantitative estimate of drug-likeness (QED) is 0.677. The van der Waals surface area contributed by atoms with E-state index in [-0.39, 0.29) is 0 Å². The Labute approximate surface area is 110 Å². The van der Waals surface area contributed by atoms with Crippen LogP contribution in [0.2, 0.25) is 0 Å². The van der Waals surface area contributed by atoms with E-state index in [1.54, 1.807) is 0 Å². The molecule has 0 radical (unpaired) electrons. The molecule has 0 aliphatic heterocycles. The van der Waals surface area contributed by atoms with Crippen LogP contribution < -0.4 is 5.32 Å². The van der Waals surface area contributed by atoms with Crippen molar-refractivity contribution in [3.63, 3.8) is 0 Å². The molecule has 1 aromatic heterocycles. The lowest BCUT2D eigenvalue weighted by atomic mass is 10.2. The summed E-state index contributed by atoms with van der Waals surface area (Å²) in [6, 6.07) is 4.15. The molecule has 4 heteroatoms. The van der Waals surface area contributed by atoms with E-state index in [2.05, 4.69) is 42.3 Å². The minimum atomic E-state index is 0.606. The van der Waals surface area contributed by atoms with E-state index in [0.717, 1.165) is 38.4 Å². The largest absolute Gasteiger partial charge is 0.375 e. The third kappa shape index (κ3) is 6.69. The van der Waals surface area contributed by atoms with Gasteiger partial charge in [0.2, 0.25) is 0 Å². The van der Waals surface area contributed by atoms with E-state index < -0.39 is 0 Å². The number of rotatable bonds is 9. The average molecular weight is 251 g/mol. The maximum absolute atomic E-state index is 5.59. The van der Waals surface area contributed by atoms with Crippen molar-refractivity contribution >= 4 is 0 Å². The molecule has 1 rings (SSSR count). The highest BCUT2D eigenvalue weighted by atomic mass is 16.5. The Balaban J connectivity index is 2.18. The van der Waals surface area contributed by atoms with Gasteiger partial charge in [-0.3, -0.25) is 4.98 Å². The average Bonchev–Trinajstić information content (AvgIpc) is 2.37. The summed E-state index contributed by atoms with van der Waals surface area (Å²) in [5.74, 6) is 0. The topological polar surface area (TPSA) is 37.4 Å². The molecule has 1 heterocycles. The van der Waals surface area contributed by atoms with E-state index in [4.69, 9.17) is 4.74 Å². The smallest absolute Gasteiger partial charge is 0.0887 e. The Bertz CT molecular complexity index is 311. The second kappa shape index (κ2) is 9.03. The van der Waals surface area contributed by atoms with Gasteiger partial charge in [0.25, 0.3) is 0 Å². The van der Waals surface area contributed by atoms with Crippen LogP contribution in [0, 0.1) is 0 Å². The molecule has 18 heavy (non-hydrogen) atoms. The van der Waals surface area contributed by atoms with Crippen LogP contribution in [0.25, 0.3) is 0 Å². The maximum Gasteiger partial charge on any atom is 0.0887 e. The first-order chi connectivity index (χ1) is 8.72. The summed E-state index contributed by atoms with van der Waals surface area (Å²) in [6.45, 7) is 6.43. The zero-order valence-corrected chi connectivity index (χ0v) is 11.8. The normalized spacial score (nSPS) is 11.1. The zero-order valence-electron chi connectivity index (χ0n) is 11.8. The molecule has 0 fully saturated rings. The Kier molecular flexibility index (Phi) is 7.57. The molecule has 102 valence electrons. The van der Waals surface area contributed by atoms with Crippen molar-refractivity contribution in [3.05, 3.63) is 29.6 Å². The van der Waals surface area contributed by atoms with E-state index in [1.165, 1.54) is 5.56 Å². The van der Waals surface area contributed by atoms with Crippen LogP contribution >= 0.6 is 0 Å². The van der Waals surface area contributed by atoms with Crippen molar-refractivity contribution < 1.29 is 4.74 Å². The lowest BCUT2D eigenvalue weighted by Crippen LogP contribution is -2.15. The number of ether oxygens (including phenoxy) is 1. The van der Waals surface area contributed by atoms with Crippen molar-refractivity contribution in [2.45, 2.75) is 26.5 Å². The first-order valence-electron chi connectivity index (χ1n) is 6.59. The second-order valence-corrected chi connectivity index (χ2v) is 4.65. The van der Waals surface area contributed by atoms with E-state index in [9.17, 15) is 0 Å². The Morgan fingerprint density at radius 1 is 1.33 bits per heavy atom. The van der Waals surface area contributed by atoms with Gasteiger partial charge >= 0.3 is 0 Å². The SMILES string of the molecule is CCNCc1ccc(COCCCN(C)C)nc1. The molecule has 0 spiro atoms. The number of aromatic nitrogens is 1. The van der Waals surface area contributed by atoms with Crippen molar-refractivity contribution in [3.8, 4) is 0 Å². The van der Waals surface area contributed by atoms with Gasteiger partial charge in [0.1, 0.15) is 0 Å². The van der Waals surface area contributed by atoms with Crippen LogP contribution in [0.4, 0.5) is 0 Å². The highest BCUT2D eigenvalue weighted by Crippen LogP contribution is 2.02. The molecule has 0 amide bonds. The summed E-state index contributed by atoms with van der Waals surface area (Å²) in [6.07, 6.45) is 2.98. The fourth-order valence-corrected chi connectivity index (χ4v) is 1.57. The molecular formula is C14H25N3O. The molecule has 0 saturated heterocycles. The van der Waals surface area contributed by atoms with Gasteiger partial charge in [0.05, 0.1) is 12.3 Å². The molecule has 0 aliphatic rings. The van der Waals surface area contributed by atoms with E-state index in [0.29, 0.717) is 6.61 Å². The van der Waals surface area contributed by atoms with Crippen LogP contribution in [0.15, 0.2) is 18.3 Å². The van der Waals surface area contributed by atoms with Gasteiger partial charge < -0.3 is 15.0 Å². The monoisotopic (exact) mass is 251 g/mol. The van der Waals surface area contributed by atoms with Gasteiger partial charge in [-0.25, -0.2) is 0 Å². The van der Waals surface area contributed by atoms with Crippen molar-refractivity contribution in [1.29, 1.82) is 0 Å². The molecular weight excluding hydrogens is 226 g/mol. The summed E-state index contributed by atoms with van der Waals surface area (Å²) < 4.78 is 5.59. The first-order valence-corrected chi connectivity index (χ1v) is 6.59. The highest BCUT2D eigenvalue weighted by molar-refractivity contribution is 5.13. The molecule has 0 unspecified atom stereocenters. The molecule has 1 N–H and O–H groups in total. The molecule has 1 aromatic rings. The fraction of sp³-hybridized carbons (Fsp3) is 0.643. The predicted molar refractivity (Wildman–Crippen MR) is 74.4 cm³/mol. The number of nitrogens with zero attached hydrogens (tertiary/aromatic N) is 2. The molecule has 0 saturated carbocycles. The molecule has 0 bridgehead atoms. The minimum Gasteiger partial charge on any atom is -0.375 e. The standard InChI is InChI=1S/C14H25N3O/c1-4-15-10-13-6-7-14(16-11-13)12-18-9-5-8-17(2)3/h6-7,11,15H,4-5,8-10,12H2,1-3H3. The van der Waals surface area contributed by atoms with Crippen LogP contribution in [-0.4, -0.2) is 43.7 Å². The van der Waals surface area contributed by atoms with Gasteiger partial charge in [0.15, 0.2) is 0 Å². The second-order valence-electron chi connectivity index (χ2n) is 4.65. The van der Waals surface area contributed by atoms with Crippen molar-refractivity contribution in [1.82, 2.24) is 15.2 Å². The number of nitrogens with one attached hydrogen (secondary N) is 1. The summed E-state index contributed by atoms with van der Waals surface area (Å²) in [4.78, 5) is 6.55. The maximum atomic E-state index is 5.59. The van der Waals surface area contributed by atoms with Crippen LogP contribution in [0.3, 0.4) is 0 Å². The first kappa shape index (κ1) is 15.1.